The Balaban J connectivity index is 2.23. The van der Waals surface area contributed by atoms with Crippen LogP contribution in [0.15, 0.2) is 0 Å². The van der Waals surface area contributed by atoms with Gasteiger partial charge in [-0.05, 0) is 44.9 Å². The molecule has 2 nitrogen and oxygen atoms in total. The number of fused-ring (bicyclic) bond motifs is 2. The summed E-state index contributed by atoms with van der Waals surface area (Å²) >= 11 is 0. The molecule has 0 aromatic heterocycles. The normalized spacial score (nSPS) is 47.0. The van der Waals surface area contributed by atoms with Crippen molar-refractivity contribution in [1.82, 2.24) is 0 Å². The molecule has 0 amide bonds. The van der Waals surface area contributed by atoms with Gasteiger partial charge >= 0.3 is 0 Å². The monoisotopic (exact) mass is 169 g/mol. The lowest BCUT2D eigenvalue weighted by atomic mass is 9.71. The van der Waals surface area contributed by atoms with Crippen LogP contribution in [0.5, 0.6) is 0 Å². The van der Waals surface area contributed by atoms with Crippen molar-refractivity contribution in [2.24, 2.45) is 17.6 Å². The highest BCUT2D eigenvalue weighted by Crippen LogP contribution is 2.53. The molecule has 2 rings (SSSR count). The van der Waals surface area contributed by atoms with Gasteiger partial charge in [0.1, 0.15) is 0 Å². The second-order valence-corrected chi connectivity index (χ2v) is 5.18. The molecule has 2 fully saturated rings. The van der Waals surface area contributed by atoms with Crippen LogP contribution in [-0.2, 0) is 0 Å². The van der Waals surface area contributed by atoms with Gasteiger partial charge in [-0.15, -0.1) is 0 Å². The van der Waals surface area contributed by atoms with Crippen molar-refractivity contribution in [3.05, 3.63) is 0 Å². The number of aliphatic hydroxyl groups is 1. The average molecular weight is 169 g/mol. The number of hydrogen-bond donors (Lipinski definition) is 2. The Bertz CT molecular complexity index is 197. The maximum Gasteiger partial charge on any atom is 0.0773 e. The van der Waals surface area contributed by atoms with Crippen molar-refractivity contribution in [2.45, 2.75) is 50.7 Å². The van der Waals surface area contributed by atoms with Gasteiger partial charge in [0.15, 0.2) is 0 Å². The van der Waals surface area contributed by atoms with Crippen LogP contribution in [0.2, 0.25) is 0 Å². The van der Waals surface area contributed by atoms with Crippen LogP contribution in [-0.4, -0.2) is 16.2 Å². The summed E-state index contributed by atoms with van der Waals surface area (Å²) in [7, 11) is 0. The van der Waals surface area contributed by atoms with Crippen LogP contribution in [0.4, 0.5) is 0 Å². The lowest BCUT2D eigenvalue weighted by Gasteiger charge is -2.43. The second kappa shape index (κ2) is 2.24. The molecule has 2 bridgehead atoms. The number of rotatable bonds is 1. The molecular weight excluding hydrogens is 150 g/mol. The van der Waals surface area contributed by atoms with Gasteiger partial charge < -0.3 is 10.8 Å². The lowest BCUT2D eigenvalue weighted by molar-refractivity contribution is -0.0293. The quantitative estimate of drug-likeness (QED) is 0.621. The minimum atomic E-state index is -0.702. The first-order valence-electron chi connectivity index (χ1n) is 4.95. The van der Waals surface area contributed by atoms with Gasteiger partial charge in [-0.25, -0.2) is 0 Å². The highest BCUT2D eigenvalue weighted by atomic mass is 16.3. The minimum Gasteiger partial charge on any atom is -0.389 e. The van der Waals surface area contributed by atoms with Crippen LogP contribution >= 0.6 is 0 Å². The van der Waals surface area contributed by atoms with Gasteiger partial charge in [0, 0.05) is 5.54 Å². The van der Waals surface area contributed by atoms with Gasteiger partial charge in [-0.2, -0.15) is 0 Å². The van der Waals surface area contributed by atoms with Crippen LogP contribution in [0.25, 0.3) is 0 Å². The third-order valence-corrected chi connectivity index (χ3v) is 4.04. The molecule has 3 atom stereocenters. The van der Waals surface area contributed by atoms with E-state index in [0.717, 1.165) is 12.3 Å². The summed E-state index contributed by atoms with van der Waals surface area (Å²) in [5.74, 6) is 1.37. The zero-order valence-corrected chi connectivity index (χ0v) is 8.01. The minimum absolute atomic E-state index is 0.296. The Morgan fingerprint density at radius 1 is 1.42 bits per heavy atom. The molecule has 0 aromatic carbocycles. The SMILES string of the molecule is CC(C)(O)C1(N)CC2CCC1C2. The fourth-order valence-electron chi connectivity index (χ4n) is 3.12. The summed E-state index contributed by atoms with van der Waals surface area (Å²) in [6.07, 6.45) is 4.84. The average Bonchev–Trinajstić information content (AvgIpc) is 2.43. The topological polar surface area (TPSA) is 46.2 Å². The fraction of sp³-hybridized carbons (Fsp3) is 1.00. The van der Waals surface area contributed by atoms with E-state index < -0.39 is 5.60 Å². The van der Waals surface area contributed by atoms with Gasteiger partial charge in [-0.3, -0.25) is 0 Å². The van der Waals surface area contributed by atoms with E-state index in [-0.39, 0.29) is 5.54 Å². The molecular formula is C10H19NO. The van der Waals surface area contributed by atoms with E-state index in [1.165, 1.54) is 19.3 Å². The zero-order chi connectivity index (χ0) is 8.98. The van der Waals surface area contributed by atoms with Crippen molar-refractivity contribution >= 4 is 0 Å². The van der Waals surface area contributed by atoms with E-state index in [2.05, 4.69) is 0 Å². The molecule has 3 N–H and O–H groups in total. The predicted octanol–water partition coefficient (Wildman–Crippen LogP) is 1.27. The van der Waals surface area contributed by atoms with Crippen molar-refractivity contribution < 1.29 is 5.11 Å². The summed E-state index contributed by atoms with van der Waals surface area (Å²) in [5.41, 5.74) is 5.27. The lowest BCUT2D eigenvalue weighted by Crippen LogP contribution is -2.60. The standard InChI is InChI=1S/C10H19NO/c1-9(2,12)10(11)6-7-3-4-8(10)5-7/h7-8,12H,3-6,11H2,1-2H3. The van der Waals surface area contributed by atoms with E-state index in [0.29, 0.717) is 5.92 Å². The van der Waals surface area contributed by atoms with Gasteiger partial charge in [-0.1, -0.05) is 6.42 Å². The van der Waals surface area contributed by atoms with Gasteiger partial charge in [0.2, 0.25) is 0 Å². The first-order valence-corrected chi connectivity index (χ1v) is 4.95. The molecule has 2 saturated carbocycles. The van der Waals surface area contributed by atoms with E-state index in [9.17, 15) is 5.11 Å². The Morgan fingerprint density at radius 3 is 2.33 bits per heavy atom. The first kappa shape index (κ1) is 8.52. The summed E-state index contributed by atoms with van der Waals surface area (Å²) in [6.45, 7) is 3.71. The predicted molar refractivity (Wildman–Crippen MR) is 48.7 cm³/mol. The maximum atomic E-state index is 9.97. The van der Waals surface area contributed by atoms with Crippen molar-refractivity contribution in [3.63, 3.8) is 0 Å². The van der Waals surface area contributed by atoms with Crippen LogP contribution in [0.1, 0.15) is 39.5 Å². The molecule has 12 heavy (non-hydrogen) atoms. The Kier molecular flexibility index (Phi) is 1.59. The van der Waals surface area contributed by atoms with Crippen LogP contribution in [0, 0.1) is 11.8 Å². The molecule has 3 unspecified atom stereocenters. The third-order valence-electron chi connectivity index (χ3n) is 4.04. The molecule has 0 spiro atoms. The Morgan fingerprint density at radius 2 is 2.08 bits per heavy atom. The summed E-state index contributed by atoms with van der Waals surface area (Å²) in [4.78, 5) is 0. The van der Waals surface area contributed by atoms with Crippen molar-refractivity contribution in [1.29, 1.82) is 0 Å². The third kappa shape index (κ3) is 0.944. The molecule has 0 heterocycles. The van der Waals surface area contributed by atoms with Gasteiger partial charge in [0.25, 0.3) is 0 Å². The molecule has 70 valence electrons. The summed E-state index contributed by atoms with van der Waals surface area (Å²) in [6, 6.07) is 0. The molecule has 0 aromatic rings. The van der Waals surface area contributed by atoms with E-state index >= 15 is 0 Å². The molecule has 0 aliphatic heterocycles. The van der Waals surface area contributed by atoms with Crippen LogP contribution < -0.4 is 5.73 Å². The largest absolute Gasteiger partial charge is 0.389 e. The number of hydrogen-bond acceptors (Lipinski definition) is 2. The molecule has 2 aliphatic carbocycles. The molecule has 2 heteroatoms. The van der Waals surface area contributed by atoms with Gasteiger partial charge in [0.05, 0.1) is 5.60 Å². The molecule has 0 saturated heterocycles. The highest BCUT2D eigenvalue weighted by Gasteiger charge is 2.55. The Labute approximate surface area is 74.1 Å². The van der Waals surface area contributed by atoms with E-state index in [4.69, 9.17) is 5.73 Å². The Hall–Kier alpha value is -0.0800. The first-order chi connectivity index (χ1) is 5.43. The number of nitrogens with two attached hydrogens (primary N) is 1. The summed E-state index contributed by atoms with van der Waals surface area (Å²) < 4.78 is 0. The van der Waals surface area contributed by atoms with Crippen LogP contribution in [0.3, 0.4) is 0 Å². The second-order valence-electron chi connectivity index (χ2n) is 5.18. The smallest absolute Gasteiger partial charge is 0.0773 e. The molecule has 2 aliphatic rings. The molecule has 0 radical (unpaired) electrons. The van der Waals surface area contributed by atoms with Crippen molar-refractivity contribution in [3.8, 4) is 0 Å². The van der Waals surface area contributed by atoms with E-state index in [1.54, 1.807) is 0 Å². The maximum absolute atomic E-state index is 9.97. The zero-order valence-electron chi connectivity index (χ0n) is 8.01. The van der Waals surface area contributed by atoms with E-state index in [1.807, 2.05) is 13.8 Å². The highest BCUT2D eigenvalue weighted by molar-refractivity contribution is 5.11. The van der Waals surface area contributed by atoms with Crippen molar-refractivity contribution in [2.75, 3.05) is 0 Å². The summed E-state index contributed by atoms with van der Waals surface area (Å²) in [5, 5.41) is 9.97. The fourth-order valence-corrected chi connectivity index (χ4v) is 3.12.